The van der Waals surface area contributed by atoms with Gasteiger partial charge < -0.3 is 15.0 Å². The molecule has 0 heterocycles. The van der Waals surface area contributed by atoms with Crippen LogP contribution >= 0.6 is 0 Å². The molecular weight excluding hydrogens is 317 g/mol. The number of esters is 1. The monoisotopic (exact) mass is 332 g/mol. The van der Waals surface area contributed by atoms with Crippen molar-refractivity contribution in [3.63, 3.8) is 0 Å². The molecule has 6 nitrogen and oxygen atoms in total. The first-order chi connectivity index (χ1) is 10.6. The van der Waals surface area contributed by atoms with Crippen LogP contribution in [0.5, 0.6) is 0 Å². The number of carbonyl (C=O) groups excluding carboxylic acids is 3. The van der Waals surface area contributed by atoms with Crippen molar-refractivity contribution in [1.82, 2.24) is 10.2 Å². The predicted molar refractivity (Wildman–Crippen MR) is 73.4 cm³/mol. The lowest BCUT2D eigenvalue weighted by Gasteiger charge is -2.16. The third-order valence-electron chi connectivity index (χ3n) is 2.86. The van der Waals surface area contributed by atoms with E-state index >= 15 is 0 Å². The van der Waals surface area contributed by atoms with Gasteiger partial charge in [0, 0.05) is 14.1 Å². The largest absolute Gasteiger partial charge is 0.452 e. The summed E-state index contributed by atoms with van der Waals surface area (Å²) in [5, 5.41) is 2.33. The van der Waals surface area contributed by atoms with E-state index < -0.39 is 36.1 Å². The van der Waals surface area contributed by atoms with Gasteiger partial charge in [-0.05, 0) is 24.3 Å². The molecule has 0 spiro atoms. The van der Waals surface area contributed by atoms with E-state index in [1.807, 2.05) is 0 Å². The average molecular weight is 332 g/mol. The number of alkyl halides is 3. The van der Waals surface area contributed by atoms with E-state index in [0.717, 1.165) is 29.2 Å². The van der Waals surface area contributed by atoms with Gasteiger partial charge in [0.05, 0.1) is 17.7 Å². The minimum Gasteiger partial charge on any atom is -0.452 e. The van der Waals surface area contributed by atoms with Crippen molar-refractivity contribution in [3.05, 3.63) is 35.4 Å². The Labute approximate surface area is 130 Å². The average Bonchev–Trinajstić information content (AvgIpc) is 2.51. The van der Waals surface area contributed by atoms with Crippen LogP contribution in [0.3, 0.4) is 0 Å². The first-order valence-corrected chi connectivity index (χ1v) is 6.44. The van der Waals surface area contributed by atoms with Gasteiger partial charge in [-0.2, -0.15) is 13.2 Å². The molecule has 0 aromatic heterocycles. The Morgan fingerprint density at radius 1 is 1.17 bits per heavy atom. The van der Waals surface area contributed by atoms with Gasteiger partial charge in [-0.1, -0.05) is 0 Å². The highest BCUT2D eigenvalue weighted by Gasteiger charge is 2.30. The smallest absolute Gasteiger partial charge is 0.416 e. The van der Waals surface area contributed by atoms with E-state index in [2.05, 4.69) is 5.32 Å². The number of hydrogen-bond acceptors (Lipinski definition) is 4. The lowest BCUT2D eigenvalue weighted by atomic mass is 10.1. The van der Waals surface area contributed by atoms with Crippen molar-refractivity contribution in [2.75, 3.05) is 27.2 Å². The maximum Gasteiger partial charge on any atom is 0.416 e. The molecule has 0 aliphatic carbocycles. The fourth-order valence-corrected chi connectivity index (χ4v) is 1.50. The highest BCUT2D eigenvalue weighted by molar-refractivity contribution is 5.92. The molecule has 9 heteroatoms. The normalized spacial score (nSPS) is 10.8. The maximum atomic E-state index is 12.4. The number of nitrogens with one attached hydrogen (secondary N) is 1. The van der Waals surface area contributed by atoms with Crippen molar-refractivity contribution in [1.29, 1.82) is 0 Å². The topological polar surface area (TPSA) is 75.7 Å². The molecule has 2 amide bonds. The second-order valence-corrected chi connectivity index (χ2v) is 4.57. The summed E-state index contributed by atoms with van der Waals surface area (Å²) in [5.41, 5.74) is -1.00. The first kappa shape index (κ1) is 18.5. The Kier molecular flexibility index (Phi) is 6.11. The maximum absolute atomic E-state index is 12.4. The summed E-state index contributed by atoms with van der Waals surface area (Å²) < 4.78 is 41.9. The van der Waals surface area contributed by atoms with Gasteiger partial charge in [0.2, 0.25) is 5.91 Å². The van der Waals surface area contributed by atoms with Crippen molar-refractivity contribution >= 4 is 17.8 Å². The number of carbonyl (C=O) groups is 3. The number of amides is 2. The number of nitrogens with zero attached hydrogens (tertiary/aromatic N) is 1. The predicted octanol–water partition coefficient (Wildman–Crippen LogP) is 1.07. The lowest BCUT2D eigenvalue weighted by Crippen LogP contribution is -2.39. The molecule has 126 valence electrons. The molecule has 0 radical (unpaired) electrons. The summed E-state index contributed by atoms with van der Waals surface area (Å²) in [6.07, 6.45) is -4.50. The standard InChI is InChI=1S/C14H15F3N2O4/c1-18-11(20)7-19(2)12(21)8-23-13(22)9-3-5-10(6-4-9)14(15,16)17/h3-6H,7-8H2,1-2H3,(H,18,20). The molecule has 0 fully saturated rings. The van der Waals surface area contributed by atoms with Crippen molar-refractivity contribution in [3.8, 4) is 0 Å². The van der Waals surface area contributed by atoms with Crippen LogP contribution in [0, 0.1) is 0 Å². The lowest BCUT2D eigenvalue weighted by molar-refractivity contribution is -0.137. The zero-order valence-electron chi connectivity index (χ0n) is 12.4. The molecule has 1 N–H and O–H groups in total. The van der Waals surface area contributed by atoms with Gasteiger partial charge >= 0.3 is 12.1 Å². The zero-order chi connectivity index (χ0) is 17.6. The molecule has 0 unspecified atom stereocenters. The van der Waals surface area contributed by atoms with Gasteiger partial charge in [-0.3, -0.25) is 9.59 Å². The third-order valence-corrected chi connectivity index (χ3v) is 2.86. The molecule has 0 aliphatic heterocycles. The number of likely N-dealkylation sites (N-methyl/N-ethyl adjacent to an activating group) is 2. The highest BCUT2D eigenvalue weighted by atomic mass is 19.4. The van der Waals surface area contributed by atoms with Crippen LogP contribution in [0.2, 0.25) is 0 Å². The van der Waals surface area contributed by atoms with Crippen LogP contribution in [0.1, 0.15) is 15.9 Å². The second-order valence-electron chi connectivity index (χ2n) is 4.57. The van der Waals surface area contributed by atoms with Crippen LogP contribution in [0.25, 0.3) is 0 Å². The molecule has 23 heavy (non-hydrogen) atoms. The summed E-state index contributed by atoms with van der Waals surface area (Å²) in [6.45, 7) is -0.819. The van der Waals surface area contributed by atoms with Crippen LogP contribution in [0.15, 0.2) is 24.3 Å². The molecule has 1 aromatic rings. The van der Waals surface area contributed by atoms with Crippen molar-refractivity contribution in [2.45, 2.75) is 6.18 Å². The minimum absolute atomic E-state index is 0.111. The molecule has 1 rings (SSSR count). The fraction of sp³-hybridized carbons (Fsp3) is 0.357. The molecular formula is C14H15F3N2O4. The van der Waals surface area contributed by atoms with E-state index in [9.17, 15) is 27.6 Å². The highest BCUT2D eigenvalue weighted by Crippen LogP contribution is 2.29. The molecule has 0 bridgehead atoms. The van der Waals surface area contributed by atoms with Crippen LogP contribution in [0.4, 0.5) is 13.2 Å². The van der Waals surface area contributed by atoms with Crippen LogP contribution < -0.4 is 5.32 Å². The number of hydrogen-bond donors (Lipinski definition) is 1. The summed E-state index contributed by atoms with van der Waals surface area (Å²) in [5.74, 6) is -1.94. The van der Waals surface area contributed by atoms with Gasteiger partial charge in [-0.15, -0.1) is 0 Å². The van der Waals surface area contributed by atoms with Crippen LogP contribution in [-0.2, 0) is 20.5 Å². The van der Waals surface area contributed by atoms with Gasteiger partial charge in [0.15, 0.2) is 6.61 Å². The molecule has 0 atom stereocenters. The summed E-state index contributed by atoms with van der Waals surface area (Å²) in [6, 6.07) is 3.42. The molecule has 0 saturated heterocycles. The van der Waals surface area contributed by atoms with Gasteiger partial charge in [0.25, 0.3) is 5.91 Å². The second kappa shape index (κ2) is 7.61. The fourth-order valence-electron chi connectivity index (χ4n) is 1.50. The Bertz CT molecular complexity index is 585. The van der Waals surface area contributed by atoms with Gasteiger partial charge in [-0.25, -0.2) is 4.79 Å². The zero-order valence-corrected chi connectivity index (χ0v) is 12.4. The summed E-state index contributed by atoms with van der Waals surface area (Å²) >= 11 is 0. The van der Waals surface area contributed by atoms with Crippen LogP contribution in [-0.4, -0.2) is 49.9 Å². The Morgan fingerprint density at radius 3 is 2.22 bits per heavy atom. The van der Waals surface area contributed by atoms with Gasteiger partial charge in [0.1, 0.15) is 0 Å². The number of rotatable bonds is 5. The number of halogens is 3. The van der Waals surface area contributed by atoms with Crippen molar-refractivity contribution < 1.29 is 32.3 Å². The summed E-state index contributed by atoms with van der Waals surface area (Å²) in [4.78, 5) is 35.4. The van der Waals surface area contributed by atoms with E-state index in [-0.39, 0.29) is 12.1 Å². The number of ether oxygens (including phenoxy) is 1. The van der Waals surface area contributed by atoms with E-state index in [4.69, 9.17) is 4.74 Å². The van der Waals surface area contributed by atoms with E-state index in [1.165, 1.54) is 14.1 Å². The quantitative estimate of drug-likeness (QED) is 0.819. The molecule has 1 aromatic carbocycles. The van der Waals surface area contributed by atoms with Crippen molar-refractivity contribution in [2.24, 2.45) is 0 Å². The third kappa shape index (κ3) is 5.61. The summed E-state index contributed by atoms with van der Waals surface area (Å²) in [7, 11) is 2.76. The SMILES string of the molecule is CNC(=O)CN(C)C(=O)COC(=O)c1ccc(C(F)(F)F)cc1. The van der Waals surface area contributed by atoms with E-state index in [0.29, 0.717) is 0 Å². The van der Waals surface area contributed by atoms with E-state index in [1.54, 1.807) is 0 Å². The Hall–Kier alpha value is -2.58. The molecule has 0 aliphatic rings. The number of benzene rings is 1. The molecule has 0 saturated carbocycles. The Balaban J connectivity index is 2.56. The minimum atomic E-state index is -4.50. The first-order valence-electron chi connectivity index (χ1n) is 6.44. The Morgan fingerprint density at radius 2 is 1.74 bits per heavy atom.